The molecule has 2 aliphatic carbocycles. The number of rotatable bonds is 4. The van der Waals surface area contributed by atoms with Crippen LogP contribution in [-0.2, 0) is 0 Å². The number of hydrogen-bond acceptors (Lipinski definition) is 6. The van der Waals surface area contributed by atoms with E-state index < -0.39 is 9.85 Å². The van der Waals surface area contributed by atoms with Gasteiger partial charge in [0.25, 0.3) is 5.69 Å². The normalized spacial score (nSPS) is 25.2. The molecule has 1 aromatic rings. The highest BCUT2D eigenvalue weighted by Gasteiger charge is 2.43. The highest BCUT2D eigenvalue weighted by molar-refractivity contribution is 5.90. The van der Waals surface area contributed by atoms with E-state index in [1.54, 1.807) is 0 Å². The number of hydrogen-bond donors (Lipinski definition) is 1. The van der Waals surface area contributed by atoms with Crippen LogP contribution >= 0.6 is 0 Å². The summed E-state index contributed by atoms with van der Waals surface area (Å²) in [4.78, 5) is 20.4. The van der Waals surface area contributed by atoms with Gasteiger partial charge in [0.15, 0.2) is 0 Å². The number of anilines is 1. The molecule has 8 nitrogen and oxygen atoms in total. The number of hydrazone groups is 1. The summed E-state index contributed by atoms with van der Waals surface area (Å²) in [6.07, 6.45) is 4.41. The van der Waals surface area contributed by atoms with E-state index in [1.165, 1.54) is 18.6 Å². The van der Waals surface area contributed by atoms with E-state index in [2.05, 4.69) is 10.5 Å². The van der Waals surface area contributed by atoms with Gasteiger partial charge >= 0.3 is 5.69 Å². The molecule has 3 rings (SSSR count). The van der Waals surface area contributed by atoms with Gasteiger partial charge in [0, 0.05) is 17.7 Å². The summed E-state index contributed by atoms with van der Waals surface area (Å²) in [5.74, 6) is 1.24. The Balaban J connectivity index is 1.83. The van der Waals surface area contributed by atoms with Crippen LogP contribution in [0, 0.1) is 32.1 Å². The minimum absolute atomic E-state index is 0.181. The summed E-state index contributed by atoms with van der Waals surface area (Å²) >= 11 is 0. The smallest absolute Gasteiger partial charge is 0.272 e. The highest BCUT2D eigenvalue weighted by atomic mass is 16.6. The van der Waals surface area contributed by atoms with E-state index in [4.69, 9.17) is 0 Å². The first kappa shape index (κ1) is 13.5. The zero-order valence-corrected chi connectivity index (χ0v) is 11.2. The van der Waals surface area contributed by atoms with Gasteiger partial charge in [-0.25, -0.2) is 0 Å². The van der Waals surface area contributed by atoms with Crippen molar-refractivity contribution in [1.29, 1.82) is 0 Å². The maximum absolute atomic E-state index is 11.0. The predicted octanol–water partition coefficient (Wildman–Crippen LogP) is 3.09. The zero-order chi connectivity index (χ0) is 15.0. The van der Waals surface area contributed by atoms with Crippen molar-refractivity contribution < 1.29 is 9.85 Å². The second-order valence-corrected chi connectivity index (χ2v) is 5.43. The number of non-ortho nitro benzene ring substituents is 1. The molecule has 2 aliphatic rings. The molecule has 0 heterocycles. The quantitative estimate of drug-likeness (QED) is 0.676. The molecule has 2 unspecified atom stereocenters. The average Bonchev–Trinajstić information content (AvgIpc) is 3.24. The van der Waals surface area contributed by atoms with Crippen molar-refractivity contribution in [3.8, 4) is 0 Å². The van der Waals surface area contributed by atoms with Crippen LogP contribution in [0.1, 0.15) is 25.7 Å². The monoisotopic (exact) mass is 290 g/mol. The van der Waals surface area contributed by atoms with Gasteiger partial charge in [0.2, 0.25) is 0 Å². The lowest BCUT2D eigenvalue weighted by Gasteiger charge is -2.12. The first-order chi connectivity index (χ1) is 10.1. The fourth-order valence-corrected chi connectivity index (χ4v) is 2.86. The molecule has 8 heteroatoms. The first-order valence-electron chi connectivity index (χ1n) is 6.81. The lowest BCUT2D eigenvalue weighted by atomic mass is 9.99. The Morgan fingerprint density at radius 2 is 2.05 bits per heavy atom. The van der Waals surface area contributed by atoms with Crippen molar-refractivity contribution in [2.24, 2.45) is 16.9 Å². The standard InChI is InChI=1S/C13H14N4O4/c18-16(19)9-4-5-12(13(7-9)17(20)21)15-14-11-3-1-2-8-6-10(8)11/h4-5,7-8,10,15H,1-3,6H2. The molecule has 1 N–H and O–H groups in total. The molecule has 0 amide bonds. The fraction of sp³-hybridized carbons (Fsp3) is 0.462. The Hall–Kier alpha value is -2.51. The Morgan fingerprint density at radius 1 is 1.24 bits per heavy atom. The van der Waals surface area contributed by atoms with Crippen molar-refractivity contribution in [2.75, 3.05) is 5.43 Å². The van der Waals surface area contributed by atoms with Gasteiger partial charge in [-0.1, -0.05) is 0 Å². The lowest BCUT2D eigenvalue weighted by Crippen LogP contribution is -2.11. The average molecular weight is 290 g/mol. The fourth-order valence-electron chi connectivity index (χ4n) is 2.86. The Labute approximate surface area is 120 Å². The second kappa shape index (κ2) is 5.12. The SMILES string of the molecule is O=[N+]([O-])c1ccc(NN=C2CCCC3CC23)c([N+](=O)[O-])c1. The van der Waals surface area contributed by atoms with Crippen LogP contribution in [0.2, 0.25) is 0 Å². The van der Waals surface area contributed by atoms with Crippen LogP contribution < -0.4 is 5.43 Å². The van der Waals surface area contributed by atoms with E-state index in [1.807, 2.05) is 0 Å². The Morgan fingerprint density at radius 3 is 2.76 bits per heavy atom. The molecule has 2 saturated carbocycles. The minimum Gasteiger partial charge on any atom is -0.272 e. The summed E-state index contributed by atoms with van der Waals surface area (Å²) in [5, 5.41) is 26.0. The van der Waals surface area contributed by atoms with Crippen molar-refractivity contribution in [3.63, 3.8) is 0 Å². The van der Waals surface area contributed by atoms with Crippen LogP contribution in [0.15, 0.2) is 23.3 Å². The van der Waals surface area contributed by atoms with Crippen molar-refractivity contribution >= 4 is 22.8 Å². The van der Waals surface area contributed by atoms with Gasteiger partial charge in [-0.05, 0) is 37.7 Å². The molecule has 110 valence electrons. The number of nitrogens with one attached hydrogen (secondary N) is 1. The van der Waals surface area contributed by atoms with Crippen molar-refractivity contribution in [3.05, 3.63) is 38.4 Å². The van der Waals surface area contributed by atoms with Crippen LogP contribution in [0.4, 0.5) is 17.1 Å². The van der Waals surface area contributed by atoms with Gasteiger partial charge in [-0.15, -0.1) is 0 Å². The lowest BCUT2D eigenvalue weighted by molar-refractivity contribution is -0.393. The van der Waals surface area contributed by atoms with Crippen LogP contribution in [-0.4, -0.2) is 15.6 Å². The van der Waals surface area contributed by atoms with Gasteiger partial charge in [0.05, 0.1) is 15.9 Å². The third-order valence-corrected chi connectivity index (χ3v) is 4.07. The summed E-state index contributed by atoms with van der Waals surface area (Å²) < 4.78 is 0. The third-order valence-electron chi connectivity index (χ3n) is 4.07. The number of nitrogens with zero attached hydrogens (tertiary/aromatic N) is 3. The Bertz CT molecular complexity index is 643. The van der Waals surface area contributed by atoms with Crippen LogP contribution in [0.5, 0.6) is 0 Å². The van der Waals surface area contributed by atoms with E-state index in [-0.39, 0.29) is 17.1 Å². The molecular formula is C13H14N4O4. The maximum Gasteiger partial charge on any atom is 0.301 e. The van der Waals surface area contributed by atoms with Gasteiger partial charge < -0.3 is 0 Å². The molecule has 2 fully saturated rings. The number of nitro groups is 2. The largest absolute Gasteiger partial charge is 0.301 e. The number of fused-ring (bicyclic) bond motifs is 1. The number of nitro benzene ring substituents is 2. The molecule has 0 radical (unpaired) electrons. The predicted molar refractivity (Wildman–Crippen MR) is 76.3 cm³/mol. The highest BCUT2D eigenvalue weighted by Crippen LogP contribution is 2.47. The Kier molecular flexibility index (Phi) is 3.28. The summed E-state index contributed by atoms with van der Waals surface area (Å²) in [7, 11) is 0. The van der Waals surface area contributed by atoms with Crippen LogP contribution in [0.25, 0.3) is 0 Å². The molecule has 0 aromatic heterocycles. The summed E-state index contributed by atoms with van der Waals surface area (Å²) in [5.41, 5.74) is 3.31. The second-order valence-electron chi connectivity index (χ2n) is 5.43. The topological polar surface area (TPSA) is 111 Å². The molecule has 0 aliphatic heterocycles. The maximum atomic E-state index is 11.0. The van der Waals surface area contributed by atoms with Gasteiger partial charge in [-0.2, -0.15) is 5.10 Å². The van der Waals surface area contributed by atoms with E-state index >= 15 is 0 Å². The minimum atomic E-state index is -0.654. The van der Waals surface area contributed by atoms with Gasteiger partial charge in [0.1, 0.15) is 5.69 Å². The molecule has 0 saturated heterocycles. The molecule has 1 aromatic carbocycles. The molecular weight excluding hydrogens is 276 g/mol. The van der Waals surface area contributed by atoms with E-state index in [9.17, 15) is 20.2 Å². The third kappa shape index (κ3) is 2.69. The number of benzene rings is 1. The van der Waals surface area contributed by atoms with Crippen LogP contribution in [0.3, 0.4) is 0 Å². The summed E-state index contributed by atoms with van der Waals surface area (Å²) in [6.45, 7) is 0. The molecule has 0 bridgehead atoms. The molecule has 0 spiro atoms. The zero-order valence-electron chi connectivity index (χ0n) is 11.2. The molecule has 21 heavy (non-hydrogen) atoms. The molecule has 2 atom stereocenters. The van der Waals surface area contributed by atoms with E-state index in [0.717, 1.165) is 37.0 Å². The summed E-state index contributed by atoms with van der Waals surface area (Å²) in [6, 6.07) is 3.51. The van der Waals surface area contributed by atoms with E-state index in [0.29, 0.717) is 5.92 Å². The first-order valence-corrected chi connectivity index (χ1v) is 6.81. The van der Waals surface area contributed by atoms with Crippen molar-refractivity contribution in [2.45, 2.75) is 25.7 Å². The van der Waals surface area contributed by atoms with Crippen molar-refractivity contribution in [1.82, 2.24) is 0 Å². The van der Waals surface area contributed by atoms with Gasteiger partial charge in [-0.3, -0.25) is 25.7 Å².